The highest BCUT2D eigenvalue weighted by molar-refractivity contribution is 5.93. The van der Waals surface area contributed by atoms with Crippen LogP contribution in [0.2, 0.25) is 0 Å². The molecule has 2 N–H and O–H groups in total. The number of aromatic nitrogens is 3. The van der Waals surface area contributed by atoms with Crippen LogP contribution in [0.1, 0.15) is 38.4 Å². The third-order valence-electron chi connectivity index (χ3n) is 5.58. The number of rotatable bonds is 9. The van der Waals surface area contributed by atoms with Crippen molar-refractivity contribution in [1.29, 1.82) is 0 Å². The molecular formula is C22H32N6O4. The first-order valence-corrected chi connectivity index (χ1v) is 11.0. The van der Waals surface area contributed by atoms with Crippen molar-refractivity contribution in [3.05, 3.63) is 40.6 Å². The van der Waals surface area contributed by atoms with E-state index in [1.807, 2.05) is 6.92 Å². The van der Waals surface area contributed by atoms with Crippen LogP contribution in [0.4, 0.5) is 11.4 Å². The van der Waals surface area contributed by atoms with Crippen LogP contribution >= 0.6 is 0 Å². The van der Waals surface area contributed by atoms with Gasteiger partial charge in [0.1, 0.15) is 5.82 Å². The Labute approximate surface area is 187 Å². The highest BCUT2D eigenvalue weighted by atomic mass is 16.5. The number of hydrogen-bond donors (Lipinski definition) is 2. The fraction of sp³-hybridized carbons (Fsp3) is 0.545. The summed E-state index contributed by atoms with van der Waals surface area (Å²) in [4.78, 5) is 38.2. The lowest BCUT2D eigenvalue weighted by molar-refractivity contribution is -0.117. The first-order valence-electron chi connectivity index (χ1n) is 11.0. The fourth-order valence-corrected chi connectivity index (χ4v) is 3.97. The zero-order valence-electron chi connectivity index (χ0n) is 19.0. The van der Waals surface area contributed by atoms with Gasteiger partial charge < -0.3 is 15.4 Å². The molecule has 0 aliphatic carbocycles. The molecule has 1 saturated heterocycles. The van der Waals surface area contributed by atoms with Crippen molar-refractivity contribution >= 4 is 23.2 Å². The summed E-state index contributed by atoms with van der Waals surface area (Å²) in [6.07, 6.45) is 1.69. The van der Waals surface area contributed by atoms with E-state index >= 15 is 0 Å². The second kappa shape index (κ2) is 11.1. The lowest BCUT2D eigenvalue weighted by atomic mass is 9.96. The van der Waals surface area contributed by atoms with Crippen LogP contribution in [-0.2, 0) is 27.4 Å². The van der Waals surface area contributed by atoms with Gasteiger partial charge in [-0.15, -0.1) is 0 Å². The van der Waals surface area contributed by atoms with Crippen LogP contribution < -0.4 is 16.3 Å². The van der Waals surface area contributed by atoms with Gasteiger partial charge in [0.05, 0.1) is 19.7 Å². The van der Waals surface area contributed by atoms with Crippen LogP contribution in [0.15, 0.2) is 29.1 Å². The van der Waals surface area contributed by atoms with Crippen molar-refractivity contribution in [2.75, 3.05) is 44.0 Å². The Morgan fingerprint density at radius 3 is 2.31 bits per heavy atom. The number of likely N-dealkylation sites (tertiary alicyclic amines) is 1. The zero-order chi connectivity index (χ0) is 23.1. The molecule has 32 heavy (non-hydrogen) atoms. The van der Waals surface area contributed by atoms with Crippen LogP contribution in [0.3, 0.4) is 0 Å². The van der Waals surface area contributed by atoms with Gasteiger partial charge in [0.2, 0.25) is 11.8 Å². The minimum atomic E-state index is -0.136. The number of benzene rings is 1. The van der Waals surface area contributed by atoms with E-state index in [0.29, 0.717) is 37.6 Å². The molecule has 10 heteroatoms. The first kappa shape index (κ1) is 23.7. The van der Waals surface area contributed by atoms with Gasteiger partial charge in [-0.05, 0) is 57.1 Å². The summed E-state index contributed by atoms with van der Waals surface area (Å²) in [7, 11) is 1.61. The van der Waals surface area contributed by atoms with Gasteiger partial charge >= 0.3 is 5.69 Å². The molecule has 1 fully saturated rings. The van der Waals surface area contributed by atoms with Crippen LogP contribution in [0, 0.1) is 0 Å². The third-order valence-corrected chi connectivity index (χ3v) is 5.58. The summed E-state index contributed by atoms with van der Waals surface area (Å²) < 4.78 is 8.30. The third kappa shape index (κ3) is 6.04. The molecule has 0 unspecified atom stereocenters. The number of hydrogen-bond acceptors (Lipinski definition) is 6. The van der Waals surface area contributed by atoms with Crippen molar-refractivity contribution in [2.24, 2.45) is 0 Å². The number of ether oxygens (including phenoxy) is 1. The van der Waals surface area contributed by atoms with E-state index in [2.05, 4.69) is 20.6 Å². The normalized spacial score (nSPS) is 15.0. The molecule has 0 spiro atoms. The summed E-state index contributed by atoms with van der Waals surface area (Å²) in [6, 6.07) is 7.03. The SMILES string of the molecule is CCn1c(C2CCN(CC(=O)Nc3ccc(NC(C)=O)cc3)CC2)nn(CCOC)c1=O. The van der Waals surface area contributed by atoms with E-state index in [0.717, 1.165) is 31.8 Å². The number of anilines is 2. The maximum absolute atomic E-state index is 12.6. The van der Waals surface area contributed by atoms with E-state index in [-0.39, 0.29) is 23.4 Å². The number of carbonyl (C=O) groups excluding carboxylic acids is 2. The number of nitrogens with zero attached hydrogens (tertiary/aromatic N) is 4. The Balaban J connectivity index is 1.52. The number of nitrogens with one attached hydrogen (secondary N) is 2. The molecule has 1 aromatic heterocycles. The van der Waals surface area contributed by atoms with Gasteiger partial charge in [0.15, 0.2) is 0 Å². The van der Waals surface area contributed by atoms with E-state index < -0.39 is 0 Å². The molecule has 0 saturated carbocycles. The Morgan fingerprint density at radius 2 is 1.75 bits per heavy atom. The van der Waals surface area contributed by atoms with Crippen molar-refractivity contribution in [3.63, 3.8) is 0 Å². The fourth-order valence-electron chi connectivity index (χ4n) is 3.97. The summed E-state index contributed by atoms with van der Waals surface area (Å²) in [5.41, 5.74) is 1.28. The summed E-state index contributed by atoms with van der Waals surface area (Å²) >= 11 is 0. The maximum atomic E-state index is 12.6. The molecule has 1 aliphatic heterocycles. The summed E-state index contributed by atoms with van der Waals surface area (Å²) in [6.45, 7) is 6.73. The summed E-state index contributed by atoms with van der Waals surface area (Å²) in [5, 5.41) is 10.2. The van der Waals surface area contributed by atoms with E-state index in [1.165, 1.54) is 11.6 Å². The summed E-state index contributed by atoms with van der Waals surface area (Å²) in [5.74, 6) is 0.817. The Morgan fingerprint density at radius 1 is 1.12 bits per heavy atom. The van der Waals surface area contributed by atoms with Crippen molar-refractivity contribution < 1.29 is 14.3 Å². The van der Waals surface area contributed by atoms with Gasteiger partial charge in [-0.3, -0.25) is 19.1 Å². The standard InChI is InChI=1S/C22H32N6O4/c1-4-27-21(25-28(22(27)31)13-14-32-3)17-9-11-26(12-10-17)15-20(30)24-19-7-5-18(6-8-19)23-16(2)29/h5-8,17H,4,9-15H2,1-3H3,(H,23,29)(H,24,30). The molecule has 1 aromatic carbocycles. The Bertz CT molecular complexity index is 973. The smallest absolute Gasteiger partial charge is 0.345 e. The number of amides is 2. The molecule has 2 amide bonds. The van der Waals surface area contributed by atoms with Gasteiger partial charge in [0.25, 0.3) is 0 Å². The Hall–Kier alpha value is -2.98. The quantitative estimate of drug-likeness (QED) is 0.606. The van der Waals surface area contributed by atoms with Gasteiger partial charge in [0, 0.05) is 37.9 Å². The lowest BCUT2D eigenvalue weighted by Crippen LogP contribution is -2.39. The van der Waals surface area contributed by atoms with Crippen LogP contribution in [0.5, 0.6) is 0 Å². The largest absolute Gasteiger partial charge is 0.383 e. The molecule has 10 nitrogen and oxygen atoms in total. The van der Waals surface area contributed by atoms with E-state index in [1.54, 1.807) is 35.9 Å². The zero-order valence-corrected chi connectivity index (χ0v) is 19.0. The van der Waals surface area contributed by atoms with Crippen LogP contribution in [-0.4, -0.2) is 64.4 Å². The molecule has 174 valence electrons. The molecule has 3 rings (SSSR count). The van der Waals surface area contributed by atoms with Gasteiger partial charge in [-0.25, -0.2) is 9.48 Å². The predicted molar refractivity (Wildman–Crippen MR) is 122 cm³/mol. The molecule has 1 aliphatic rings. The van der Waals surface area contributed by atoms with Crippen LogP contribution in [0.25, 0.3) is 0 Å². The van der Waals surface area contributed by atoms with Gasteiger partial charge in [-0.1, -0.05) is 0 Å². The monoisotopic (exact) mass is 444 g/mol. The van der Waals surface area contributed by atoms with Crippen molar-refractivity contribution in [3.8, 4) is 0 Å². The number of carbonyl (C=O) groups is 2. The molecule has 0 radical (unpaired) electrons. The van der Waals surface area contributed by atoms with E-state index in [9.17, 15) is 14.4 Å². The lowest BCUT2D eigenvalue weighted by Gasteiger charge is -2.30. The minimum Gasteiger partial charge on any atom is -0.383 e. The predicted octanol–water partition coefficient (Wildman–Crippen LogP) is 1.49. The molecule has 2 heterocycles. The number of methoxy groups -OCH3 is 1. The van der Waals surface area contributed by atoms with Crippen molar-refractivity contribution in [1.82, 2.24) is 19.2 Å². The molecule has 0 bridgehead atoms. The highest BCUT2D eigenvalue weighted by Gasteiger charge is 2.27. The average molecular weight is 445 g/mol. The number of piperidine rings is 1. The van der Waals surface area contributed by atoms with Crippen molar-refractivity contribution in [2.45, 2.75) is 45.7 Å². The topological polar surface area (TPSA) is 110 Å². The van der Waals surface area contributed by atoms with Gasteiger partial charge in [-0.2, -0.15) is 5.10 Å². The minimum absolute atomic E-state index is 0.0787. The highest BCUT2D eigenvalue weighted by Crippen LogP contribution is 2.26. The second-order valence-electron chi connectivity index (χ2n) is 7.96. The van der Waals surface area contributed by atoms with E-state index in [4.69, 9.17) is 4.74 Å². The average Bonchev–Trinajstić information content (AvgIpc) is 3.09. The second-order valence-corrected chi connectivity index (χ2v) is 7.96. The molecule has 2 aromatic rings. The Kier molecular flexibility index (Phi) is 8.18. The molecular weight excluding hydrogens is 412 g/mol. The maximum Gasteiger partial charge on any atom is 0.345 e. The molecule has 0 atom stereocenters. The first-order chi connectivity index (χ1) is 15.4.